The zero-order chi connectivity index (χ0) is 15.7. The molecule has 0 aliphatic rings. The van der Waals surface area contributed by atoms with Gasteiger partial charge in [-0.05, 0) is 12.1 Å². The van der Waals surface area contributed by atoms with Crippen molar-refractivity contribution in [2.75, 3.05) is 0 Å². The van der Waals surface area contributed by atoms with E-state index in [1.165, 1.54) is 10.7 Å². The minimum absolute atomic E-state index is 0.101. The highest BCUT2D eigenvalue weighted by Gasteiger charge is 2.14. The van der Waals surface area contributed by atoms with Crippen molar-refractivity contribution in [1.82, 2.24) is 19.7 Å². The summed E-state index contributed by atoms with van der Waals surface area (Å²) in [5.74, 6) is -1.09. The van der Waals surface area contributed by atoms with Gasteiger partial charge in [-0.2, -0.15) is 5.10 Å². The van der Waals surface area contributed by atoms with Gasteiger partial charge in [0.15, 0.2) is 21.9 Å². The molecule has 0 unspecified atom stereocenters. The third-order valence-electron chi connectivity index (χ3n) is 2.93. The van der Waals surface area contributed by atoms with Crippen molar-refractivity contribution in [3.8, 4) is 11.5 Å². The molecule has 0 saturated carbocycles. The zero-order valence-electron chi connectivity index (χ0n) is 11.0. The number of halogens is 4. The van der Waals surface area contributed by atoms with Crippen molar-refractivity contribution in [3.05, 3.63) is 64.0 Å². The van der Waals surface area contributed by atoms with Gasteiger partial charge in [0.1, 0.15) is 11.5 Å². The molecule has 0 spiro atoms. The Kier molecular flexibility index (Phi) is 4.04. The van der Waals surface area contributed by atoms with Crippen LogP contribution in [0.25, 0.3) is 11.5 Å². The van der Waals surface area contributed by atoms with Gasteiger partial charge in [0.2, 0.25) is 0 Å². The van der Waals surface area contributed by atoms with Crippen molar-refractivity contribution in [1.29, 1.82) is 0 Å². The third-order valence-corrected chi connectivity index (χ3v) is 3.43. The topological polar surface area (TPSA) is 43.6 Å². The van der Waals surface area contributed by atoms with Crippen molar-refractivity contribution >= 4 is 23.2 Å². The maximum Gasteiger partial charge on any atom is 0.197 e. The molecule has 1 aromatic carbocycles. The van der Waals surface area contributed by atoms with E-state index in [-0.39, 0.29) is 28.5 Å². The second kappa shape index (κ2) is 5.98. The maximum atomic E-state index is 13.6. The summed E-state index contributed by atoms with van der Waals surface area (Å²) in [7, 11) is 0. The van der Waals surface area contributed by atoms with Crippen LogP contribution in [0, 0.1) is 11.6 Å². The van der Waals surface area contributed by atoms with Gasteiger partial charge in [0.25, 0.3) is 0 Å². The Morgan fingerprint density at radius 2 is 1.68 bits per heavy atom. The van der Waals surface area contributed by atoms with Crippen LogP contribution in [0.1, 0.15) is 5.56 Å². The molecule has 112 valence electrons. The number of hydrogen-bond acceptors (Lipinski definition) is 3. The monoisotopic (exact) mass is 340 g/mol. The van der Waals surface area contributed by atoms with E-state index in [1.807, 2.05) is 0 Å². The summed E-state index contributed by atoms with van der Waals surface area (Å²) in [4.78, 5) is 7.57. The predicted octanol–water partition coefficient (Wildman–Crippen LogP) is 3.97. The van der Waals surface area contributed by atoms with Crippen LogP contribution in [0.15, 0.2) is 36.5 Å². The summed E-state index contributed by atoms with van der Waals surface area (Å²) < 4.78 is 28.4. The largest absolute Gasteiger partial charge is 0.267 e. The van der Waals surface area contributed by atoms with Gasteiger partial charge in [-0.3, -0.25) is 4.68 Å². The predicted molar refractivity (Wildman–Crippen MR) is 78.7 cm³/mol. The summed E-state index contributed by atoms with van der Waals surface area (Å²) in [6, 6.07) is 8.01. The molecule has 0 fully saturated rings. The van der Waals surface area contributed by atoms with Crippen LogP contribution in [-0.4, -0.2) is 19.7 Å². The first-order valence-electron chi connectivity index (χ1n) is 6.20. The first-order valence-corrected chi connectivity index (χ1v) is 6.96. The summed E-state index contributed by atoms with van der Waals surface area (Å²) in [6.07, 6.45) is 1.64. The van der Waals surface area contributed by atoms with Crippen LogP contribution < -0.4 is 0 Å². The fourth-order valence-corrected chi connectivity index (χ4v) is 2.27. The van der Waals surface area contributed by atoms with Gasteiger partial charge in [0, 0.05) is 11.8 Å². The molecule has 22 heavy (non-hydrogen) atoms. The van der Waals surface area contributed by atoms with E-state index in [4.69, 9.17) is 23.2 Å². The average molecular weight is 341 g/mol. The van der Waals surface area contributed by atoms with Crippen LogP contribution in [0.3, 0.4) is 0 Å². The van der Waals surface area contributed by atoms with Gasteiger partial charge in [-0.25, -0.2) is 18.7 Å². The molecule has 2 heterocycles. The number of hydrogen-bond donors (Lipinski definition) is 0. The van der Waals surface area contributed by atoms with E-state index in [0.717, 1.165) is 0 Å². The molecule has 0 radical (unpaired) electrons. The van der Waals surface area contributed by atoms with Crippen LogP contribution in [0.2, 0.25) is 10.3 Å². The number of nitrogens with zero attached hydrogens (tertiary/aromatic N) is 4. The van der Waals surface area contributed by atoms with Gasteiger partial charge >= 0.3 is 0 Å². The third kappa shape index (κ3) is 2.93. The maximum absolute atomic E-state index is 13.6. The second-order valence-electron chi connectivity index (χ2n) is 4.43. The van der Waals surface area contributed by atoms with Gasteiger partial charge < -0.3 is 0 Å². The lowest BCUT2D eigenvalue weighted by molar-refractivity contribution is 0.585. The highest BCUT2D eigenvalue weighted by atomic mass is 35.5. The normalized spacial score (nSPS) is 10.9. The number of benzene rings is 1. The molecular formula is C14H8Cl2F2N4. The molecule has 0 aliphatic heterocycles. The van der Waals surface area contributed by atoms with Crippen molar-refractivity contribution < 1.29 is 8.78 Å². The van der Waals surface area contributed by atoms with Gasteiger partial charge in [0.05, 0.1) is 6.54 Å². The molecule has 2 aromatic heterocycles. The Labute approximate surface area is 134 Å². The van der Waals surface area contributed by atoms with Crippen LogP contribution in [0.5, 0.6) is 0 Å². The lowest BCUT2D eigenvalue weighted by atomic mass is 10.2. The van der Waals surface area contributed by atoms with E-state index in [9.17, 15) is 8.78 Å². The zero-order valence-corrected chi connectivity index (χ0v) is 12.5. The van der Waals surface area contributed by atoms with E-state index >= 15 is 0 Å². The lowest BCUT2D eigenvalue weighted by Crippen LogP contribution is -2.03. The minimum atomic E-state index is -0.877. The average Bonchev–Trinajstić information content (AvgIpc) is 2.95. The molecular weight excluding hydrogens is 333 g/mol. The molecule has 0 atom stereocenters. The Morgan fingerprint density at radius 3 is 2.36 bits per heavy atom. The van der Waals surface area contributed by atoms with E-state index < -0.39 is 5.82 Å². The SMILES string of the molecule is Fc1ccccc1Cn1ccc(-c2nc(Cl)c(F)c(Cl)n2)n1. The molecule has 0 amide bonds. The first-order chi connectivity index (χ1) is 10.5. The smallest absolute Gasteiger partial charge is 0.197 e. The van der Waals surface area contributed by atoms with E-state index in [2.05, 4.69) is 15.1 Å². The molecule has 0 N–H and O–H groups in total. The second-order valence-corrected chi connectivity index (χ2v) is 5.15. The fourth-order valence-electron chi connectivity index (χ4n) is 1.88. The number of aromatic nitrogens is 4. The quantitative estimate of drug-likeness (QED) is 0.677. The van der Waals surface area contributed by atoms with E-state index in [0.29, 0.717) is 11.3 Å². The summed E-state index contributed by atoms with van der Waals surface area (Å²) in [5, 5.41) is 3.46. The van der Waals surface area contributed by atoms with Gasteiger partial charge in [-0.1, -0.05) is 41.4 Å². The Morgan fingerprint density at radius 1 is 1.00 bits per heavy atom. The molecule has 0 aliphatic carbocycles. The van der Waals surface area contributed by atoms with Crippen LogP contribution >= 0.6 is 23.2 Å². The van der Waals surface area contributed by atoms with E-state index in [1.54, 1.807) is 30.5 Å². The van der Waals surface area contributed by atoms with Gasteiger partial charge in [-0.15, -0.1) is 0 Å². The van der Waals surface area contributed by atoms with Crippen LogP contribution in [0.4, 0.5) is 8.78 Å². The molecule has 3 aromatic rings. The highest BCUT2D eigenvalue weighted by molar-refractivity contribution is 6.33. The van der Waals surface area contributed by atoms with Crippen LogP contribution in [-0.2, 0) is 6.54 Å². The summed E-state index contributed by atoms with van der Waals surface area (Å²) in [6.45, 7) is 0.245. The Balaban J connectivity index is 1.90. The van der Waals surface area contributed by atoms with Crippen molar-refractivity contribution in [2.45, 2.75) is 6.54 Å². The lowest BCUT2D eigenvalue weighted by Gasteiger charge is -2.03. The summed E-state index contributed by atoms with van der Waals surface area (Å²) >= 11 is 11.3. The number of rotatable bonds is 3. The Bertz CT molecular complexity index is 812. The summed E-state index contributed by atoms with van der Waals surface area (Å²) in [5.41, 5.74) is 0.855. The Hall–Kier alpha value is -2.05. The first kappa shape index (κ1) is 14.9. The minimum Gasteiger partial charge on any atom is -0.267 e. The molecule has 8 heteroatoms. The standard InChI is InChI=1S/C14H8Cl2F2N4/c15-12-11(18)13(16)20-14(19-12)10-5-6-22(21-10)7-8-3-1-2-4-9(8)17/h1-6H,7H2. The van der Waals surface area contributed by atoms with Crippen molar-refractivity contribution in [3.63, 3.8) is 0 Å². The molecule has 4 nitrogen and oxygen atoms in total. The van der Waals surface area contributed by atoms with Crippen molar-refractivity contribution in [2.24, 2.45) is 0 Å². The molecule has 0 bridgehead atoms. The fraction of sp³-hybridized carbons (Fsp3) is 0.0714. The molecule has 3 rings (SSSR count). The molecule has 0 saturated heterocycles. The highest BCUT2D eigenvalue weighted by Crippen LogP contribution is 2.23.